The molecule has 1 aromatic rings. The summed E-state index contributed by atoms with van der Waals surface area (Å²) in [6.45, 7) is 1.72. The predicted octanol–water partition coefficient (Wildman–Crippen LogP) is 0.275. The van der Waals surface area contributed by atoms with Gasteiger partial charge >= 0.3 is 0 Å². The SMILES string of the molecule is CC(=O)NCC#Cc1cncc(O)c1. The molecule has 4 heteroatoms. The first-order valence-electron chi connectivity index (χ1n) is 4.06. The summed E-state index contributed by atoms with van der Waals surface area (Å²) in [7, 11) is 0. The molecule has 4 nitrogen and oxygen atoms in total. The average molecular weight is 190 g/mol. The molecule has 0 saturated carbocycles. The minimum Gasteiger partial charge on any atom is -0.506 e. The molecule has 0 spiro atoms. The number of nitrogens with one attached hydrogen (secondary N) is 1. The minimum atomic E-state index is -0.117. The lowest BCUT2D eigenvalue weighted by Crippen LogP contribution is -2.19. The fourth-order valence-electron chi connectivity index (χ4n) is 0.811. The van der Waals surface area contributed by atoms with Crippen LogP contribution in [0.2, 0.25) is 0 Å². The molecule has 1 rings (SSSR count). The monoisotopic (exact) mass is 190 g/mol. The molecule has 0 bridgehead atoms. The van der Waals surface area contributed by atoms with Gasteiger partial charge in [-0.15, -0.1) is 0 Å². The summed E-state index contributed by atoms with van der Waals surface area (Å²) in [6.07, 6.45) is 2.87. The second-order valence-corrected chi connectivity index (χ2v) is 2.64. The summed E-state index contributed by atoms with van der Waals surface area (Å²) in [6, 6.07) is 1.51. The fraction of sp³-hybridized carbons (Fsp3) is 0.200. The van der Waals surface area contributed by atoms with E-state index in [0.717, 1.165) is 0 Å². The molecule has 14 heavy (non-hydrogen) atoms. The van der Waals surface area contributed by atoms with Crippen molar-refractivity contribution in [2.75, 3.05) is 6.54 Å². The summed E-state index contributed by atoms with van der Waals surface area (Å²) in [5, 5.41) is 11.6. The zero-order valence-corrected chi connectivity index (χ0v) is 7.74. The van der Waals surface area contributed by atoms with Gasteiger partial charge in [0.1, 0.15) is 5.75 Å². The standard InChI is InChI=1S/C10H10N2O2/c1-8(13)12-4-2-3-9-5-10(14)7-11-6-9/h5-7,14H,4H2,1H3,(H,12,13). The Morgan fingerprint density at radius 3 is 3.07 bits per heavy atom. The summed E-state index contributed by atoms with van der Waals surface area (Å²) >= 11 is 0. The van der Waals surface area contributed by atoms with Gasteiger partial charge in [-0.25, -0.2) is 0 Å². The first-order valence-corrected chi connectivity index (χ1v) is 4.06. The molecular weight excluding hydrogens is 180 g/mol. The number of nitrogens with zero attached hydrogens (tertiary/aromatic N) is 1. The molecule has 0 aromatic carbocycles. The predicted molar refractivity (Wildman–Crippen MR) is 51.5 cm³/mol. The van der Waals surface area contributed by atoms with Crippen LogP contribution in [0.3, 0.4) is 0 Å². The second kappa shape index (κ2) is 4.87. The largest absolute Gasteiger partial charge is 0.506 e. The maximum Gasteiger partial charge on any atom is 0.217 e. The number of pyridine rings is 1. The quantitative estimate of drug-likeness (QED) is 0.625. The summed E-state index contributed by atoms with van der Waals surface area (Å²) in [5.41, 5.74) is 0.621. The third-order valence-corrected chi connectivity index (χ3v) is 1.38. The van der Waals surface area contributed by atoms with Gasteiger partial charge in [-0.05, 0) is 6.07 Å². The molecule has 0 unspecified atom stereocenters. The van der Waals surface area contributed by atoms with Crippen molar-refractivity contribution < 1.29 is 9.90 Å². The Hall–Kier alpha value is -2.02. The molecule has 0 aliphatic rings. The summed E-state index contributed by atoms with van der Waals surface area (Å²) in [4.78, 5) is 14.2. The van der Waals surface area contributed by atoms with E-state index in [1.54, 1.807) is 6.20 Å². The minimum absolute atomic E-state index is 0.0799. The second-order valence-electron chi connectivity index (χ2n) is 2.64. The van der Waals surface area contributed by atoms with Crippen LogP contribution >= 0.6 is 0 Å². The first-order chi connectivity index (χ1) is 6.68. The van der Waals surface area contributed by atoms with E-state index in [2.05, 4.69) is 22.1 Å². The van der Waals surface area contributed by atoms with Crippen molar-refractivity contribution in [2.24, 2.45) is 0 Å². The number of aromatic nitrogens is 1. The van der Waals surface area contributed by atoms with Crippen LogP contribution in [0.4, 0.5) is 0 Å². The van der Waals surface area contributed by atoms with E-state index in [4.69, 9.17) is 5.11 Å². The zero-order chi connectivity index (χ0) is 10.4. The highest BCUT2D eigenvalue weighted by Gasteiger charge is 1.89. The van der Waals surface area contributed by atoms with Gasteiger partial charge in [0.05, 0.1) is 12.7 Å². The van der Waals surface area contributed by atoms with Crippen molar-refractivity contribution in [3.63, 3.8) is 0 Å². The van der Waals surface area contributed by atoms with E-state index >= 15 is 0 Å². The number of carbonyl (C=O) groups is 1. The molecule has 1 aromatic heterocycles. The van der Waals surface area contributed by atoms with Crippen LogP contribution in [0, 0.1) is 11.8 Å². The van der Waals surface area contributed by atoms with E-state index in [9.17, 15) is 4.79 Å². The van der Waals surface area contributed by atoms with Gasteiger partial charge in [-0.3, -0.25) is 9.78 Å². The van der Waals surface area contributed by atoms with Crippen molar-refractivity contribution in [1.82, 2.24) is 10.3 Å². The maximum absolute atomic E-state index is 10.5. The Balaban J connectivity index is 2.55. The maximum atomic E-state index is 10.5. The van der Waals surface area contributed by atoms with Crippen molar-refractivity contribution in [3.8, 4) is 17.6 Å². The molecule has 72 valence electrons. The Kier molecular flexibility index (Phi) is 3.50. The number of hydrogen-bond acceptors (Lipinski definition) is 3. The van der Waals surface area contributed by atoms with E-state index in [-0.39, 0.29) is 11.7 Å². The smallest absolute Gasteiger partial charge is 0.217 e. The summed E-state index contributed by atoms with van der Waals surface area (Å²) in [5.74, 6) is 5.44. The van der Waals surface area contributed by atoms with Crippen molar-refractivity contribution in [2.45, 2.75) is 6.92 Å². The van der Waals surface area contributed by atoms with Gasteiger partial charge in [0.15, 0.2) is 0 Å². The number of carbonyl (C=O) groups excluding carboxylic acids is 1. The number of hydrogen-bond donors (Lipinski definition) is 2. The highest BCUT2D eigenvalue weighted by atomic mass is 16.3. The molecule has 0 radical (unpaired) electrons. The average Bonchev–Trinajstić information content (AvgIpc) is 2.12. The van der Waals surface area contributed by atoms with Crippen molar-refractivity contribution in [1.29, 1.82) is 0 Å². The van der Waals surface area contributed by atoms with E-state index in [1.807, 2.05) is 0 Å². The number of aromatic hydroxyl groups is 1. The topological polar surface area (TPSA) is 62.2 Å². The number of rotatable bonds is 1. The summed E-state index contributed by atoms with van der Waals surface area (Å²) < 4.78 is 0. The normalized spacial score (nSPS) is 8.64. The Bertz CT molecular complexity index is 391. The molecule has 0 aliphatic carbocycles. The molecule has 2 N–H and O–H groups in total. The highest BCUT2D eigenvalue weighted by molar-refractivity contribution is 5.73. The molecule has 0 aliphatic heterocycles. The first kappa shape index (κ1) is 10.1. The Labute approximate surface area is 82.0 Å². The van der Waals surface area contributed by atoms with Gasteiger partial charge in [0.2, 0.25) is 5.91 Å². The van der Waals surface area contributed by atoms with E-state index < -0.39 is 0 Å². The van der Waals surface area contributed by atoms with Gasteiger partial charge in [0, 0.05) is 18.7 Å². The van der Waals surface area contributed by atoms with Crippen LogP contribution in [0.15, 0.2) is 18.5 Å². The van der Waals surface area contributed by atoms with Gasteiger partial charge in [0.25, 0.3) is 0 Å². The zero-order valence-electron chi connectivity index (χ0n) is 7.74. The molecule has 1 heterocycles. The van der Waals surface area contributed by atoms with Crippen LogP contribution in [0.25, 0.3) is 0 Å². The van der Waals surface area contributed by atoms with Crippen LogP contribution in [-0.4, -0.2) is 22.5 Å². The Morgan fingerprint density at radius 1 is 1.64 bits per heavy atom. The van der Waals surface area contributed by atoms with E-state index in [0.29, 0.717) is 12.1 Å². The van der Waals surface area contributed by atoms with Crippen LogP contribution in [-0.2, 0) is 4.79 Å². The third kappa shape index (κ3) is 3.59. The third-order valence-electron chi connectivity index (χ3n) is 1.38. The molecule has 1 amide bonds. The molecule has 0 saturated heterocycles. The fourth-order valence-corrected chi connectivity index (χ4v) is 0.811. The van der Waals surface area contributed by atoms with Crippen LogP contribution in [0.1, 0.15) is 12.5 Å². The lowest BCUT2D eigenvalue weighted by molar-refractivity contribution is -0.118. The number of amides is 1. The van der Waals surface area contributed by atoms with Gasteiger partial charge < -0.3 is 10.4 Å². The Morgan fingerprint density at radius 2 is 2.43 bits per heavy atom. The van der Waals surface area contributed by atoms with Crippen LogP contribution < -0.4 is 5.32 Å². The molecule has 0 fully saturated rings. The molecule has 0 atom stereocenters. The van der Waals surface area contributed by atoms with Gasteiger partial charge in [-0.2, -0.15) is 0 Å². The van der Waals surface area contributed by atoms with Crippen molar-refractivity contribution >= 4 is 5.91 Å². The highest BCUT2D eigenvalue weighted by Crippen LogP contribution is 2.06. The van der Waals surface area contributed by atoms with E-state index in [1.165, 1.54) is 19.2 Å². The van der Waals surface area contributed by atoms with Crippen LogP contribution in [0.5, 0.6) is 5.75 Å². The lowest BCUT2D eigenvalue weighted by Gasteiger charge is -1.92. The van der Waals surface area contributed by atoms with Crippen molar-refractivity contribution in [3.05, 3.63) is 24.0 Å². The lowest BCUT2D eigenvalue weighted by atomic mass is 10.3. The molecular formula is C10H10N2O2. The van der Waals surface area contributed by atoms with Gasteiger partial charge in [-0.1, -0.05) is 11.8 Å².